The highest BCUT2D eigenvalue weighted by Crippen LogP contribution is 2.60. The second kappa shape index (κ2) is 6.68. The molecule has 1 aliphatic heterocycles. The molecular weight excluding hydrogens is 340 g/mol. The van der Waals surface area contributed by atoms with Crippen LogP contribution < -0.4 is 19.6 Å². The molecule has 15 heteroatoms. The van der Waals surface area contributed by atoms with Gasteiger partial charge in [0.15, 0.2) is 0 Å². The van der Waals surface area contributed by atoms with Crippen molar-refractivity contribution in [2.45, 2.75) is 24.9 Å². The summed E-state index contributed by atoms with van der Waals surface area (Å²) in [7, 11) is -12.0. The maximum Gasteiger partial charge on any atom is 0.278 e. The van der Waals surface area contributed by atoms with Gasteiger partial charge in [-0.25, -0.2) is 4.31 Å². The average molecular weight is 348 g/mol. The minimum atomic E-state index is -5.98. The molecule has 1 aliphatic rings. The van der Waals surface area contributed by atoms with Gasteiger partial charge in [0, 0.05) is 6.00 Å². The van der Waals surface area contributed by atoms with Gasteiger partial charge in [-0.1, -0.05) is 0 Å². The van der Waals surface area contributed by atoms with Gasteiger partial charge in [0.25, 0.3) is 15.6 Å². The number of phosphoric ester groups is 1. The Hall–Kier alpha value is 0.435. The zero-order valence-corrected chi connectivity index (χ0v) is 12.4. The lowest BCUT2D eigenvalue weighted by atomic mass is 9.97. The van der Waals surface area contributed by atoms with E-state index >= 15 is 0 Å². The quantitative estimate of drug-likeness (QED) is 0.350. The monoisotopic (exact) mass is 348 g/mol. The summed E-state index contributed by atoms with van der Waals surface area (Å²) in [5, 5.41) is 0. The summed E-state index contributed by atoms with van der Waals surface area (Å²) < 4.78 is 47.5. The van der Waals surface area contributed by atoms with Gasteiger partial charge in [-0.2, -0.15) is 0 Å². The van der Waals surface area contributed by atoms with E-state index in [2.05, 4.69) is 13.1 Å². The van der Waals surface area contributed by atoms with Gasteiger partial charge in [0.2, 0.25) is 0 Å². The third-order valence-electron chi connectivity index (χ3n) is 1.96. The molecule has 0 N–H and O–H groups in total. The fourth-order valence-corrected chi connectivity index (χ4v) is 4.20. The van der Waals surface area contributed by atoms with Gasteiger partial charge in [-0.05, 0) is 12.8 Å². The molecule has 0 amide bonds. The molecule has 2 radical (unpaired) electrons. The van der Waals surface area contributed by atoms with E-state index in [1.807, 2.05) is 0 Å². The third-order valence-corrected chi connectivity index (χ3v) is 5.62. The van der Waals surface area contributed by atoms with Crippen LogP contribution in [0, 0.1) is 0 Å². The summed E-state index contributed by atoms with van der Waals surface area (Å²) in [5.74, 6) is 0. The van der Waals surface area contributed by atoms with Crippen molar-refractivity contribution in [3.63, 3.8) is 0 Å². The molecule has 116 valence electrons. The van der Waals surface area contributed by atoms with Crippen LogP contribution in [-0.4, -0.2) is 26.6 Å². The normalized spacial score (nSPS) is 29.8. The molecule has 11 nitrogen and oxygen atoms in total. The maximum atomic E-state index is 11.1. The summed E-state index contributed by atoms with van der Waals surface area (Å²) in [4.78, 5) is 42.1. The molecule has 1 fully saturated rings. The minimum Gasteiger partial charge on any atom is -0.790 e. The molecule has 0 aromatic carbocycles. The number of ether oxygens (including phenoxy) is 1. The zero-order valence-electron chi connectivity index (χ0n) is 9.69. The molecule has 0 saturated carbocycles. The molecule has 1 rings (SSSR count). The molecule has 1 heterocycles. The fraction of sp³-hybridized carbons (Fsp3) is 1.00. The van der Waals surface area contributed by atoms with Gasteiger partial charge in [-0.3, -0.25) is 13.4 Å². The van der Waals surface area contributed by atoms with Crippen molar-refractivity contribution in [3.05, 3.63) is 0 Å². The second-order valence-electron chi connectivity index (χ2n) is 3.67. The van der Waals surface area contributed by atoms with Crippen molar-refractivity contribution >= 4 is 31.3 Å². The third kappa shape index (κ3) is 7.45. The highest BCUT2D eigenvalue weighted by molar-refractivity contribution is 7.64. The second-order valence-corrected chi connectivity index (χ2v) is 7.92. The predicted molar refractivity (Wildman–Crippen MR) is 54.6 cm³/mol. The molecule has 0 spiro atoms. The predicted octanol–water partition coefficient (Wildman–Crippen LogP) is -2.52. The van der Waals surface area contributed by atoms with E-state index in [1.165, 1.54) is 0 Å². The number of hydrogen-bond donors (Lipinski definition) is 0. The van der Waals surface area contributed by atoms with E-state index in [0.717, 1.165) is 0 Å². The summed E-state index contributed by atoms with van der Waals surface area (Å²) in [6, 6.07) is -0.587. The average Bonchev–Trinajstić information content (AvgIpc) is 2.55. The lowest BCUT2D eigenvalue weighted by Crippen LogP contribution is -2.22. The Bertz CT molecular complexity index is 475. The van der Waals surface area contributed by atoms with E-state index in [1.54, 1.807) is 0 Å². The number of hydrogen-bond acceptors (Lipinski definition) is 11. The summed E-state index contributed by atoms with van der Waals surface area (Å²) >= 11 is 0. The van der Waals surface area contributed by atoms with Crippen LogP contribution in [-0.2, 0) is 31.6 Å². The Labute approximate surface area is 115 Å². The SMILES string of the molecule is [B]C1CCC(COP(=O)([O-])OP(=O)([O-])OP(=O)([O-])[O-])O1. The smallest absolute Gasteiger partial charge is 0.278 e. The molecule has 4 unspecified atom stereocenters. The van der Waals surface area contributed by atoms with Crippen LogP contribution in [0.15, 0.2) is 0 Å². The van der Waals surface area contributed by atoms with Crippen molar-refractivity contribution in [1.82, 2.24) is 0 Å². The van der Waals surface area contributed by atoms with Crippen molar-refractivity contribution in [1.29, 1.82) is 0 Å². The van der Waals surface area contributed by atoms with Gasteiger partial charge in [0.1, 0.15) is 7.85 Å². The van der Waals surface area contributed by atoms with Crippen molar-refractivity contribution in [3.8, 4) is 0 Å². The number of phosphoric acid groups is 3. The topological polar surface area (TPSA) is 180 Å². The van der Waals surface area contributed by atoms with Crippen LogP contribution in [0.5, 0.6) is 0 Å². The van der Waals surface area contributed by atoms with Crippen LogP contribution in [0.2, 0.25) is 0 Å². The largest absolute Gasteiger partial charge is 0.790 e. The van der Waals surface area contributed by atoms with E-state index in [-0.39, 0.29) is 0 Å². The first-order chi connectivity index (χ1) is 8.89. The molecule has 1 saturated heterocycles. The minimum absolute atomic E-state index is 0.378. The molecular formula is C5H8BO11P3-4. The Balaban J connectivity index is 2.50. The molecule has 0 aliphatic carbocycles. The molecule has 4 atom stereocenters. The van der Waals surface area contributed by atoms with Crippen molar-refractivity contribution in [2.75, 3.05) is 6.61 Å². The van der Waals surface area contributed by atoms with E-state index in [0.29, 0.717) is 12.8 Å². The van der Waals surface area contributed by atoms with Crippen LogP contribution in [0.4, 0.5) is 0 Å². The van der Waals surface area contributed by atoms with Crippen molar-refractivity contribution in [2.24, 2.45) is 0 Å². The van der Waals surface area contributed by atoms with Gasteiger partial charge < -0.3 is 33.4 Å². The van der Waals surface area contributed by atoms with E-state index < -0.39 is 42.2 Å². The van der Waals surface area contributed by atoms with Gasteiger partial charge in [-0.15, -0.1) is 0 Å². The Kier molecular flexibility index (Phi) is 6.18. The van der Waals surface area contributed by atoms with Crippen LogP contribution in [0.3, 0.4) is 0 Å². The van der Waals surface area contributed by atoms with Crippen molar-refractivity contribution < 1.29 is 51.2 Å². The van der Waals surface area contributed by atoms with Gasteiger partial charge >= 0.3 is 0 Å². The van der Waals surface area contributed by atoms with Crippen LogP contribution in [0.25, 0.3) is 0 Å². The van der Waals surface area contributed by atoms with E-state index in [4.69, 9.17) is 12.6 Å². The highest BCUT2D eigenvalue weighted by atomic mass is 31.3. The zero-order chi connectivity index (χ0) is 15.6. The summed E-state index contributed by atoms with van der Waals surface area (Å²) in [6.45, 7) is -0.582. The summed E-state index contributed by atoms with van der Waals surface area (Å²) in [6.07, 6.45) is 0.146. The standard InChI is InChI=1S/C5H12BO11P3/c6-5-2-1-4(15-5)3-14-19(10,11)17-20(12,13)16-18(7,8)9/h4-5H,1-3H2,(H,10,11)(H,12,13)(H2,7,8,9)/p-4. The first kappa shape index (κ1) is 18.5. The van der Waals surface area contributed by atoms with Crippen LogP contribution >= 0.6 is 23.5 Å². The molecule has 0 aromatic heterocycles. The lowest BCUT2D eigenvalue weighted by molar-refractivity contribution is -0.339. The van der Waals surface area contributed by atoms with Crippen LogP contribution in [0.1, 0.15) is 12.8 Å². The lowest BCUT2D eigenvalue weighted by Gasteiger charge is -2.37. The first-order valence-corrected chi connectivity index (χ1v) is 9.39. The highest BCUT2D eigenvalue weighted by Gasteiger charge is 2.26. The maximum absolute atomic E-state index is 11.1. The number of rotatable bonds is 7. The Morgan fingerprint density at radius 1 is 1.05 bits per heavy atom. The molecule has 0 bridgehead atoms. The summed E-state index contributed by atoms with van der Waals surface area (Å²) in [5.41, 5.74) is 0. The van der Waals surface area contributed by atoms with Gasteiger partial charge in [0.05, 0.1) is 20.5 Å². The van der Waals surface area contributed by atoms with E-state index in [9.17, 15) is 33.3 Å². The molecule has 20 heavy (non-hydrogen) atoms. The Morgan fingerprint density at radius 3 is 2.10 bits per heavy atom. The molecule has 0 aromatic rings. The fourth-order valence-electron chi connectivity index (χ4n) is 1.31. The Morgan fingerprint density at radius 2 is 1.65 bits per heavy atom. The first-order valence-electron chi connectivity index (χ1n) is 5.01.